The van der Waals surface area contributed by atoms with Crippen LogP contribution in [-0.4, -0.2) is 48.3 Å². The van der Waals surface area contributed by atoms with Gasteiger partial charge in [-0.3, -0.25) is 9.89 Å². The first-order chi connectivity index (χ1) is 12.2. The van der Waals surface area contributed by atoms with Crippen LogP contribution in [0.25, 0.3) is 23.1 Å². The monoisotopic (exact) mass is 335 g/mol. The van der Waals surface area contributed by atoms with Crippen molar-refractivity contribution in [2.24, 2.45) is 0 Å². The van der Waals surface area contributed by atoms with E-state index in [4.69, 9.17) is 4.74 Å². The summed E-state index contributed by atoms with van der Waals surface area (Å²) in [6, 6.07) is 15.6. The van der Waals surface area contributed by atoms with Gasteiger partial charge in [0, 0.05) is 31.7 Å². The topological polar surface area (TPSA) is 58.2 Å². The number of H-pyrrole nitrogens is 1. The zero-order valence-corrected chi connectivity index (χ0v) is 14.4. The van der Waals surface area contributed by atoms with E-state index in [9.17, 15) is 4.79 Å². The van der Waals surface area contributed by atoms with Crippen molar-refractivity contribution in [2.75, 3.05) is 27.3 Å². The number of benzene rings is 2. The highest BCUT2D eigenvalue weighted by molar-refractivity contribution is 5.94. The Labute approximate surface area is 146 Å². The van der Waals surface area contributed by atoms with Gasteiger partial charge in [-0.05, 0) is 29.8 Å². The van der Waals surface area contributed by atoms with Crippen molar-refractivity contribution in [3.05, 3.63) is 65.4 Å². The van der Waals surface area contributed by atoms with Gasteiger partial charge < -0.3 is 9.64 Å². The molecule has 0 atom stereocenters. The molecule has 0 saturated heterocycles. The van der Waals surface area contributed by atoms with Gasteiger partial charge in [0.25, 0.3) is 5.91 Å². The van der Waals surface area contributed by atoms with E-state index in [0.29, 0.717) is 18.7 Å². The first-order valence-electron chi connectivity index (χ1n) is 8.14. The number of carbonyl (C=O) groups is 1. The largest absolute Gasteiger partial charge is 0.383 e. The van der Waals surface area contributed by atoms with Crippen LogP contribution in [0.5, 0.6) is 0 Å². The Hall–Kier alpha value is -2.92. The van der Waals surface area contributed by atoms with Crippen LogP contribution in [-0.2, 0) is 4.74 Å². The summed E-state index contributed by atoms with van der Waals surface area (Å²) in [6.07, 6.45) is 3.96. The third-order valence-corrected chi connectivity index (χ3v) is 4.07. The van der Waals surface area contributed by atoms with Crippen LogP contribution in [0.3, 0.4) is 0 Å². The molecular weight excluding hydrogens is 314 g/mol. The molecule has 0 fully saturated rings. The number of rotatable bonds is 6. The van der Waals surface area contributed by atoms with Crippen molar-refractivity contribution in [3.63, 3.8) is 0 Å². The number of fused-ring (bicyclic) bond motifs is 1. The van der Waals surface area contributed by atoms with Gasteiger partial charge >= 0.3 is 0 Å². The number of amides is 1. The number of para-hydroxylation sites is 1. The molecule has 1 N–H and O–H groups in total. The summed E-state index contributed by atoms with van der Waals surface area (Å²) in [5, 5.41) is 8.43. The van der Waals surface area contributed by atoms with E-state index in [0.717, 1.165) is 22.2 Å². The molecule has 3 rings (SSSR count). The number of nitrogens with one attached hydrogen (secondary N) is 1. The molecule has 0 unspecified atom stereocenters. The lowest BCUT2D eigenvalue weighted by Gasteiger charge is -2.16. The molecule has 5 nitrogen and oxygen atoms in total. The Morgan fingerprint density at radius 3 is 2.68 bits per heavy atom. The minimum Gasteiger partial charge on any atom is -0.383 e. The molecule has 1 amide bonds. The van der Waals surface area contributed by atoms with Crippen LogP contribution >= 0.6 is 0 Å². The maximum absolute atomic E-state index is 12.3. The molecule has 128 valence electrons. The molecule has 1 aromatic heterocycles. The summed E-state index contributed by atoms with van der Waals surface area (Å²) in [5.74, 6) is -0.00845. The third-order valence-electron chi connectivity index (χ3n) is 4.07. The molecule has 2 aromatic carbocycles. The quantitative estimate of drug-likeness (QED) is 0.750. The second kappa shape index (κ2) is 7.77. The number of methoxy groups -OCH3 is 1. The number of hydrogen-bond donors (Lipinski definition) is 1. The number of aromatic nitrogens is 2. The van der Waals surface area contributed by atoms with Gasteiger partial charge in [-0.15, -0.1) is 0 Å². The zero-order valence-electron chi connectivity index (χ0n) is 14.4. The molecule has 0 aliphatic rings. The number of aromatic amines is 1. The lowest BCUT2D eigenvalue weighted by atomic mass is 10.1. The zero-order chi connectivity index (χ0) is 17.6. The van der Waals surface area contributed by atoms with Crippen molar-refractivity contribution in [1.29, 1.82) is 0 Å². The van der Waals surface area contributed by atoms with Crippen molar-refractivity contribution in [3.8, 4) is 0 Å². The summed E-state index contributed by atoms with van der Waals surface area (Å²) >= 11 is 0. The van der Waals surface area contributed by atoms with Crippen LogP contribution in [0.2, 0.25) is 0 Å². The highest BCUT2D eigenvalue weighted by Gasteiger charge is 2.10. The second-order valence-corrected chi connectivity index (χ2v) is 5.83. The summed E-state index contributed by atoms with van der Waals surface area (Å²) < 4.78 is 5.00. The number of hydrogen-bond acceptors (Lipinski definition) is 3. The predicted octanol–water partition coefficient (Wildman–Crippen LogP) is 3.45. The maximum Gasteiger partial charge on any atom is 0.253 e. The van der Waals surface area contributed by atoms with E-state index in [1.54, 1.807) is 19.1 Å². The number of carbonyl (C=O) groups excluding carboxylic acids is 1. The number of ether oxygens (including phenoxy) is 1. The fourth-order valence-corrected chi connectivity index (χ4v) is 2.57. The van der Waals surface area contributed by atoms with Crippen molar-refractivity contribution in [2.45, 2.75) is 0 Å². The Morgan fingerprint density at radius 2 is 1.92 bits per heavy atom. The van der Waals surface area contributed by atoms with E-state index in [1.165, 1.54) is 0 Å². The first kappa shape index (κ1) is 16.9. The second-order valence-electron chi connectivity index (χ2n) is 5.83. The van der Waals surface area contributed by atoms with Gasteiger partial charge in [0.1, 0.15) is 0 Å². The number of likely N-dealkylation sites (N-methyl/N-ethyl adjacent to an activating group) is 1. The average molecular weight is 335 g/mol. The van der Waals surface area contributed by atoms with Crippen LogP contribution in [0.4, 0.5) is 0 Å². The van der Waals surface area contributed by atoms with E-state index in [1.807, 2.05) is 60.7 Å². The fourth-order valence-electron chi connectivity index (χ4n) is 2.57. The summed E-state index contributed by atoms with van der Waals surface area (Å²) in [5.41, 5.74) is 3.60. The molecule has 0 saturated carbocycles. The van der Waals surface area contributed by atoms with E-state index >= 15 is 0 Å². The molecule has 0 bridgehead atoms. The van der Waals surface area contributed by atoms with Gasteiger partial charge in [-0.2, -0.15) is 5.10 Å². The molecule has 0 aliphatic carbocycles. The van der Waals surface area contributed by atoms with Gasteiger partial charge in [0.15, 0.2) is 0 Å². The first-order valence-corrected chi connectivity index (χ1v) is 8.14. The minimum atomic E-state index is -0.00845. The maximum atomic E-state index is 12.3. The van der Waals surface area contributed by atoms with Gasteiger partial charge in [-0.1, -0.05) is 36.4 Å². The molecule has 1 heterocycles. The standard InChI is InChI=1S/C20H21N3O2/c1-23(13-14-25-2)20(24)16-10-7-15(8-11-16)9-12-19-17-5-3-4-6-18(17)21-22-19/h3-12H,13-14H2,1-2H3,(H,21,22)/b12-9+. The van der Waals surface area contributed by atoms with Crippen LogP contribution in [0, 0.1) is 0 Å². The van der Waals surface area contributed by atoms with Gasteiger partial charge in [0.2, 0.25) is 0 Å². The summed E-state index contributed by atoms with van der Waals surface area (Å²) in [7, 11) is 3.40. The molecule has 5 heteroatoms. The Kier molecular flexibility index (Phi) is 5.26. The number of nitrogens with zero attached hydrogens (tertiary/aromatic N) is 2. The normalized spacial score (nSPS) is 11.3. The third kappa shape index (κ3) is 3.95. The highest BCUT2D eigenvalue weighted by atomic mass is 16.5. The molecular formula is C20H21N3O2. The van der Waals surface area contributed by atoms with Crippen LogP contribution < -0.4 is 0 Å². The molecule has 0 spiro atoms. The Morgan fingerprint density at radius 1 is 1.16 bits per heavy atom. The van der Waals surface area contributed by atoms with E-state index < -0.39 is 0 Å². The van der Waals surface area contributed by atoms with Crippen LogP contribution in [0.1, 0.15) is 21.6 Å². The summed E-state index contributed by atoms with van der Waals surface area (Å²) in [4.78, 5) is 13.9. The fraction of sp³-hybridized carbons (Fsp3) is 0.200. The lowest BCUT2D eigenvalue weighted by molar-refractivity contribution is 0.0744. The van der Waals surface area contributed by atoms with Crippen LogP contribution in [0.15, 0.2) is 48.5 Å². The highest BCUT2D eigenvalue weighted by Crippen LogP contribution is 2.18. The minimum absolute atomic E-state index is 0.00845. The van der Waals surface area contributed by atoms with Crippen molar-refractivity contribution < 1.29 is 9.53 Å². The Balaban J connectivity index is 1.71. The molecule has 0 radical (unpaired) electrons. The average Bonchev–Trinajstić information content (AvgIpc) is 3.07. The lowest BCUT2D eigenvalue weighted by Crippen LogP contribution is -2.29. The predicted molar refractivity (Wildman–Crippen MR) is 100 cm³/mol. The SMILES string of the molecule is COCCN(C)C(=O)c1ccc(/C=C/c2n[nH]c3ccccc23)cc1. The Bertz CT molecular complexity index is 881. The molecule has 0 aliphatic heterocycles. The smallest absolute Gasteiger partial charge is 0.253 e. The van der Waals surface area contributed by atoms with Gasteiger partial charge in [0.05, 0.1) is 17.8 Å². The van der Waals surface area contributed by atoms with Gasteiger partial charge in [-0.25, -0.2) is 0 Å². The van der Waals surface area contributed by atoms with E-state index in [2.05, 4.69) is 10.2 Å². The summed E-state index contributed by atoms with van der Waals surface area (Å²) in [6.45, 7) is 1.10. The van der Waals surface area contributed by atoms with E-state index in [-0.39, 0.29) is 5.91 Å². The van der Waals surface area contributed by atoms with Crippen molar-refractivity contribution >= 4 is 29.0 Å². The molecule has 3 aromatic rings. The molecule has 25 heavy (non-hydrogen) atoms. The van der Waals surface area contributed by atoms with Crippen molar-refractivity contribution in [1.82, 2.24) is 15.1 Å².